The molecule has 0 aliphatic carbocycles. The summed E-state index contributed by atoms with van der Waals surface area (Å²) >= 11 is 0. The number of nitrogens with zero attached hydrogens (tertiary/aromatic N) is 3. The number of nitrogens with one attached hydrogen (secondary N) is 1. The maximum Gasteiger partial charge on any atom is 0.211 e. The van der Waals surface area contributed by atoms with Crippen molar-refractivity contribution in [2.45, 2.75) is 19.9 Å². The minimum absolute atomic E-state index is 0.351. The van der Waals surface area contributed by atoms with E-state index in [2.05, 4.69) is 15.3 Å². The Balaban J connectivity index is 1.64. The first-order valence-electron chi connectivity index (χ1n) is 9.23. The molecule has 1 aliphatic rings. The standard InChI is InChI=1S/C21H21FN4O2S/c1-14-3-5-17(11-19(14)20-6-4-16(22)12-24-20)25-21-18-8-10-26(29(2,27)28)13-15(18)7-9-23-21/h3-7,9,11-12H,8,10,13H2,1-2H3,(H,23,25). The first kappa shape index (κ1) is 19.5. The number of hydrogen-bond donors (Lipinski definition) is 1. The SMILES string of the molecule is Cc1ccc(Nc2nccc3c2CCN(S(C)(=O)=O)C3)cc1-c1ccc(F)cn1. The Morgan fingerprint density at radius 2 is 1.97 bits per heavy atom. The molecule has 0 atom stereocenters. The molecule has 0 saturated heterocycles. The molecule has 2 aromatic heterocycles. The lowest BCUT2D eigenvalue weighted by molar-refractivity contribution is 0.395. The summed E-state index contributed by atoms with van der Waals surface area (Å²) in [6.45, 7) is 2.77. The van der Waals surface area contributed by atoms with E-state index in [-0.39, 0.29) is 5.82 Å². The van der Waals surface area contributed by atoms with E-state index < -0.39 is 10.0 Å². The lowest BCUT2D eigenvalue weighted by atomic mass is 10.0. The molecule has 0 radical (unpaired) electrons. The fraction of sp³-hybridized carbons (Fsp3) is 0.238. The predicted molar refractivity (Wildman–Crippen MR) is 111 cm³/mol. The molecule has 0 saturated carbocycles. The fourth-order valence-corrected chi connectivity index (χ4v) is 4.30. The van der Waals surface area contributed by atoms with Gasteiger partial charge in [-0.25, -0.2) is 17.8 Å². The molecule has 6 nitrogen and oxygen atoms in total. The molecule has 1 aromatic carbocycles. The quantitative estimate of drug-likeness (QED) is 0.708. The van der Waals surface area contributed by atoms with Crippen molar-refractivity contribution in [3.05, 3.63) is 71.3 Å². The lowest BCUT2D eigenvalue weighted by Crippen LogP contribution is -2.35. The van der Waals surface area contributed by atoms with Crippen molar-refractivity contribution in [1.82, 2.24) is 14.3 Å². The average Bonchev–Trinajstić information content (AvgIpc) is 2.69. The number of hydrogen-bond acceptors (Lipinski definition) is 5. The van der Waals surface area contributed by atoms with Crippen LogP contribution in [0.25, 0.3) is 11.3 Å². The first-order chi connectivity index (χ1) is 13.8. The molecule has 0 amide bonds. The van der Waals surface area contributed by atoms with E-state index in [4.69, 9.17) is 0 Å². The smallest absolute Gasteiger partial charge is 0.211 e. The third-order valence-electron chi connectivity index (χ3n) is 5.08. The molecule has 0 spiro atoms. The number of aromatic nitrogens is 2. The molecule has 150 valence electrons. The van der Waals surface area contributed by atoms with Crippen LogP contribution in [0.4, 0.5) is 15.9 Å². The van der Waals surface area contributed by atoms with Crippen molar-refractivity contribution < 1.29 is 12.8 Å². The topological polar surface area (TPSA) is 75.2 Å². The molecule has 3 aromatic rings. The zero-order valence-electron chi connectivity index (χ0n) is 16.2. The lowest BCUT2D eigenvalue weighted by Gasteiger charge is -2.28. The number of halogens is 1. The molecule has 4 rings (SSSR count). The van der Waals surface area contributed by atoms with Crippen molar-refractivity contribution in [2.24, 2.45) is 0 Å². The zero-order valence-corrected chi connectivity index (χ0v) is 17.0. The van der Waals surface area contributed by atoms with Gasteiger partial charge in [-0.1, -0.05) is 6.07 Å². The van der Waals surface area contributed by atoms with E-state index >= 15 is 0 Å². The second kappa shape index (κ2) is 7.53. The number of aryl methyl sites for hydroxylation is 1. The van der Waals surface area contributed by atoms with Crippen LogP contribution in [0.15, 0.2) is 48.8 Å². The Kier molecular flexibility index (Phi) is 5.06. The van der Waals surface area contributed by atoms with Crippen molar-refractivity contribution in [1.29, 1.82) is 0 Å². The van der Waals surface area contributed by atoms with Gasteiger partial charge < -0.3 is 5.32 Å². The third kappa shape index (κ3) is 4.13. The van der Waals surface area contributed by atoms with Crippen LogP contribution in [-0.4, -0.2) is 35.5 Å². The van der Waals surface area contributed by atoms with Gasteiger partial charge in [-0.3, -0.25) is 4.98 Å². The summed E-state index contributed by atoms with van der Waals surface area (Å²) in [5.41, 5.74) is 5.44. The monoisotopic (exact) mass is 412 g/mol. The number of sulfonamides is 1. The Morgan fingerprint density at radius 3 is 2.69 bits per heavy atom. The summed E-state index contributed by atoms with van der Waals surface area (Å²) in [5, 5.41) is 3.35. The van der Waals surface area contributed by atoms with Crippen molar-refractivity contribution >= 4 is 21.5 Å². The number of benzene rings is 1. The summed E-state index contributed by atoms with van der Waals surface area (Å²) in [6.07, 6.45) is 4.72. The number of rotatable bonds is 4. The van der Waals surface area contributed by atoms with E-state index in [1.165, 1.54) is 22.8 Å². The second-order valence-corrected chi connectivity index (χ2v) is 9.14. The normalized spacial score (nSPS) is 14.4. The van der Waals surface area contributed by atoms with Gasteiger partial charge >= 0.3 is 0 Å². The highest BCUT2D eigenvalue weighted by molar-refractivity contribution is 7.88. The van der Waals surface area contributed by atoms with Crippen LogP contribution in [0.5, 0.6) is 0 Å². The molecule has 29 heavy (non-hydrogen) atoms. The Morgan fingerprint density at radius 1 is 1.14 bits per heavy atom. The molecule has 0 bridgehead atoms. The summed E-state index contributed by atoms with van der Waals surface area (Å²) < 4.78 is 38.4. The van der Waals surface area contributed by atoms with Crippen LogP contribution >= 0.6 is 0 Å². The van der Waals surface area contributed by atoms with Crippen molar-refractivity contribution in [2.75, 3.05) is 18.1 Å². The van der Waals surface area contributed by atoms with Crippen LogP contribution < -0.4 is 5.32 Å². The van der Waals surface area contributed by atoms with E-state index in [1.54, 1.807) is 12.3 Å². The molecule has 1 N–H and O–H groups in total. The molecule has 1 aliphatic heterocycles. The van der Waals surface area contributed by atoms with Gasteiger partial charge in [0.15, 0.2) is 0 Å². The number of anilines is 2. The second-order valence-electron chi connectivity index (χ2n) is 7.16. The highest BCUT2D eigenvalue weighted by atomic mass is 32.2. The highest BCUT2D eigenvalue weighted by Crippen LogP contribution is 2.30. The summed E-state index contributed by atoms with van der Waals surface area (Å²) in [5.74, 6) is 0.349. The van der Waals surface area contributed by atoms with Crippen molar-refractivity contribution in [3.63, 3.8) is 0 Å². The Bertz CT molecular complexity index is 1160. The summed E-state index contributed by atoms with van der Waals surface area (Å²) in [4.78, 5) is 8.64. The van der Waals surface area contributed by atoms with Gasteiger partial charge in [0.25, 0.3) is 0 Å². The molecular weight excluding hydrogens is 391 g/mol. The van der Waals surface area contributed by atoms with Gasteiger partial charge in [0.05, 0.1) is 18.1 Å². The van der Waals surface area contributed by atoms with Crippen LogP contribution in [0.2, 0.25) is 0 Å². The summed E-state index contributed by atoms with van der Waals surface area (Å²) in [6, 6.07) is 10.8. The van der Waals surface area contributed by atoms with E-state index in [0.717, 1.165) is 33.8 Å². The highest BCUT2D eigenvalue weighted by Gasteiger charge is 2.25. The van der Waals surface area contributed by atoms with E-state index in [9.17, 15) is 12.8 Å². The minimum Gasteiger partial charge on any atom is -0.340 e. The summed E-state index contributed by atoms with van der Waals surface area (Å²) in [7, 11) is -3.23. The Labute approximate surface area is 169 Å². The Hall–Kier alpha value is -2.84. The van der Waals surface area contributed by atoms with Gasteiger partial charge in [0, 0.05) is 36.1 Å². The molecule has 3 heterocycles. The largest absolute Gasteiger partial charge is 0.340 e. The van der Waals surface area contributed by atoms with Crippen LogP contribution in [0.3, 0.4) is 0 Å². The zero-order chi connectivity index (χ0) is 20.6. The third-order valence-corrected chi connectivity index (χ3v) is 6.33. The number of pyridine rings is 2. The fourth-order valence-electron chi connectivity index (χ4n) is 3.50. The average molecular weight is 412 g/mol. The molecule has 0 unspecified atom stereocenters. The first-order valence-corrected chi connectivity index (χ1v) is 11.1. The molecule has 8 heteroatoms. The predicted octanol–water partition coefficient (Wildman–Crippen LogP) is 3.65. The van der Waals surface area contributed by atoms with Gasteiger partial charge in [0.2, 0.25) is 10.0 Å². The van der Waals surface area contributed by atoms with E-state index in [1.807, 2.05) is 31.2 Å². The maximum atomic E-state index is 13.2. The van der Waals surface area contributed by atoms with Gasteiger partial charge in [-0.05, 0) is 54.8 Å². The number of fused-ring (bicyclic) bond motifs is 1. The van der Waals surface area contributed by atoms with Crippen molar-refractivity contribution in [3.8, 4) is 11.3 Å². The van der Waals surface area contributed by atoms with Gasteiger partial charge in [-0.15, -0.1) is 0 Å². The van der Waals surface area contributed by atoms with Gasteiger partial charge in [-0.2, -0.15) is 4.31 Å². The van der Waals surface area contributed by atoms with E-state index in [0.29, 0.717) is 25.2 Å². The van der Waals surface area contributed by atoms with Crippen LogP contribution in [-0.2, 0) is 23.0 Å². The minimum atomic E-state index is -3.23. The molecular formula is C21H21FN4O2S. The van der Waals surface area contributed by atoms with Crippen LogP contribution in [0, 0.1) is 12.7 Å². The maximum absolute atomic E-state index is 13.2. The van der Waals surface area contributed by atoms with Crippen LogP contribution in [0.1, 0.15) is 16.7 Å². The molecule has 0 fully saturated rings. The van der Waals surface area contributed by atoms with Gasteiger partial charge in [0.1, 0.15) is 11.6 Å².